The van der Waals surface area contributed by atoms with E-state index in [1.807, 2.05) is 25.0 Å². The molecule has 0 saturated carbocycles. The van der Waals surface area contributed by atoms with Crippen LogP contribution >= 0.6 is 0 Å². The molecule has 1 saturated heterocycles. The van der Waals surface area contributed by atoms with E-state index in [2.05, 4.69) is 22.1 Å². The normalized spacial score (nSPS) is 27.5. The van der Waals surface area contributed by atoms with E-state index < -0.39 is 0 Å². The van der Waals surface area contributed by atoms with Gasteiger partial charge in [0, 0.05) is 11.4 Å². The van der Waals surface area contributed by atoms with Crippen LogP contribution in [0.4, 0.5) is 5.95 Å². The number of hydrogen-bond donors (Lipinski definition) is 0. The molecule has 1 aliphatic carbocycles. The Hall–Kier alpha value is -1.42. The van der Waals surface area contributed by atoms with Crippen molar-refractivity contribution in [2.75, 3.05) is 5.06 Å². The number of hydrogen-bond acceptors (Lipinski definition) is 4. The van der Waals surface area contributed by atoms with E-state index in [9.17, 15) is 0 Å². The molecule has 4 rings (SSSR count). The van der Waals surface area contributed by atoms with Gasteiger partial charge in [-0.25, -0.2) is 15.0 Å². The van der Waals surface area contributed by atoms with Crippen LogP contribution < -0.4 is 5.06 Å². The Kier molecular flexibility index (Phi) is 2.17. The molecule has 0 N–H and O–H groups in total. The lowest BCUT2D eigenvalue weighted by molar-refractivity contribution is 0.000561. The summed E-state index contributed by atoms with van der Waals surface area (Å²) >= 11 is 0. The number of hydroxylamine groups is 1. The second-order valence-corrected chi connectivity index (χ2v) is 4.45. The van der Waals surface area contributed by atoms with E-state index in [1.165, 1.54) is 0 Å². The smallest absolute Gasteiger partial charge is 0.250 e. The van der Waals surface area contributed by atoms with Crippen LogP contribution in [0, 0.1) is 13.8 Å². The highest BCUT2D eigenvalue weighted by atomic mass is 16.7. The molecule has 16 heavy (non-hydrogen) atoms. The maximum atomic E-state index is 5.80. The fraction of sp³-hybridized carbons (Fsp3) is 0.500. The van der Waals surface area contributed by atoms with Gasteiger partial charge in [-0.1, -0.05) is 12.2 Å². The quantitative estimate of drug-likeness (QED) is 0.674. The summed E-state index contributed by atoms with van der Waals surface area (Å²) in [5, 5.41) is 1.86. The van der Waals surface area contributed by atoms with E-state index in [0.29, 0.717) is 12.0 Å². The Morgan fingerprint density at radius 2 is 1.94 bits per heavy atom. The van der Waals surface area contributed by atoms with Gasteiger partial charge in [-0.05, 0) is 32.8 Å². The highest BCUT2D eigenvalue weighted by Gasteiger charge is 2.32. The predicted octanol–water partition coefficient (Wildman–Crippen LogP) is 1.93. The van der Waals surface area contributed by atoms with Crippen LogP contribution in [-0.2, 0) is 4.84 Å². The fourth-order valence-corrected chi connectivity index (χ4v) is 2.29. The molecule has 84 valence electrons. The lowest BCUT2D eigenvalue weighted by Gasteiger charge is -2.40. The van der Waals surface area contributed by atoms with Gasteiger partial charge in [0.2, 0.25) is 0 Å². The van der Waals surface area contributed by atoms with Crippen molar-refractivity contribution in [1.82, 2.24) is 9.97 Å². The molecule has 2 atom stereocenters. The molecule has 2 unspecified atom stereocenters. The Morgan fingerprint density at radius 3 is 2.44 bits per heavy atom. The van der Waals surface area contributed by atoms with Crippen LogP contribution in [0.3, 0.4) is 0 Å². The van der Waals surface area contributed by atoms with Crippen molar-refractivity contribution in [3.63, 3.8) is 0 Å². The van der Waals surface area contributed by atoms with Gasteiger partial charge < -0.3 is 0 Å². The fourth-order valence-electron chi connectivity index (χ4n) is 2.29. The molecule has 0 radical (unpaired) electrons. The summed E-state index contributed by atoms with van der Waals surface area (Å²) in [5.41, 5.74) is 1.97. The Morgan fingerprint density at radius 1 is 1.19 bits per heavy atom. The molecule has 2 bridgehead atoms. The summed E-state index contributed by atoms with van der Waals surface area (Å²) < 4.78 is 0. The summed E-state index contributed by atoms with van der Waals surface area (Å²) in [4.78, 5) is 14.7. The first-order valence-electron chi connectivity index (χ1n) is 5.69. The van der Waals surface area contributed by atoms with Crippen molar-refractivity contribution < 1.29 is 4.84 Å². The molecule has 1 fully saturated rings. The highest BCUT2D eigenvalue weighted by molar-refractivity contribution is 5.35. The first-order valence-corrected chi connectivity index (χ1v) is 5.69. The largest absolute Gasteiger partial charge is 0.263 e. The van der Waals surface area contributed by atoms with Gasteiger partial charge in [-0.2, -0.15) is 0 Å². The summed E-state index contributed by atoms with van der Waals surface area (Å²) in [6.45, 7) is 3.96. The first-order chi connectivity index (χ1) is 7.72. The summed E-state index contributed by atoms with van der Waals surface area (Å²) in [6, 6.07) is 2.27. The van der Waals surface area contributed by atoms with Gasteiger partial charge in [-0.3, -0.25) is 4.84 Å². The molecule has 0 amide bonds. The molecule has 4 nitrogen and oxygen atoms in total. The second kappa shape index (κ2) is 3.56. The lowest BCUT2D eigenvalue weighted by atomic mass is 9.98. The third-order valence-electron chi connectivity index (χ3n) is 3.01. The van der Waals surface area contributed by atoms with Crippen molar-refractivity contribution in [2.24, 2.45) is 0 Å². The van der Waals surface area contributed by atoms with Crippen molar-refractivity contribution in [2.45, 2.75) is 38.8 Å². The topological polar surface area (TPSA) is 38.2 Å². The monoisotopic (exact) mass is 217 g/mol. The minimum absolute atomic E-state index is 0.203. The zero-order valence-corrected chi connectivity index (χ0v) is 9.55. The molecule has 2 aliphatic heterocycles. The van der Waals surface area contributed by atoms with Crippen LogP contribution in [0.15, 0.2) is 18.2 Å². The molecule has 0 aromatic carbocycles. The van der Waals surface area contributed by atoms with Crippen molar-refractivity contribution in [3.8, 4) is 0 Å². The molecule has 3 heterocycles. The highest BCUT2D eigenvalue weighted by Crippen LogP contribution is 2.30. The van der Waals surface area contributed by atoms with Crippen LogP contribution in [0.2, 0.25) is 0 Å². The average Bonchev–Trinajstić information content (AvgIpc) is 2.29. The maximum Gasteiger partial charge on any atom is 0.250 e. The van der Waals surface area contributed by atoms with Crippen molar-refractivity contribution in [3.05, 3.63) is 29.6 Å². The Bertz CT molecular complexity index is 424. The first kappa shape index (κ1) is 9.78. The van der Waals surface area contributed by atoms with Gasteiger partial charge >= 0.3 is 0 Å². The van der Waals surface area contributed by atoms with Crippen LogP contribution in [0.5, 0.6) is 0 Å². The van der Waals surface area contributed by atoms with Gasteiger partial charge in [0.15, 0.2) is 0 Å². The Labute approximate surface area is 94.9 Å². The number of aromatic nitrogens is 2. The number of fused-ring (bicyclic) bond motifs is 2. The maximum absolute atomic E-state index is 5.80. The predicted molar refractivity (Wildman–Crippen MR) is 61.0 cm³/mol. The van der Waals surface area contributed by atoms with E-state index in [-0.39, 0.29) is 6.10 Å². The standard InChI is InChI=1S/C12H15N3O/c1-8-7-9(2)14-12(13-8)15-10-3-5-11(16-15)6-4-10/h3,5,7,10-11H,4,6H2,1-2H3. The SMILES string of the molecule is Cc1cc(C)nc(N2OC3C=CC2CC3)n1. The number of rotatable bonds is 1. The van der Waals surface area contributed by atoms with E-state index in [4.69, 9.17) is 4.84 Å². The molecule has 4 heteroatoms. The second-order valence-electron chi connectivity index (χ2n) is 4.45. The number of anilines is 1. The molecule has 3 aliphatic rings. The van der Waals surface area contributed by atoms with Crippen molar-refractivity contribution in [1.29, 1.82) is 0 Å². The minimum atomic E-state index is 0.203. The van der Waals surface area contributed by atoms with Crippen LogP contribution in [0.1, 0.15) is 24.2 Å². The Balaban J connectivity index is 1.95. The molecule has 1 aromatic heterocycles. The third kappa shape index (κ3) is 1.59. The van der Waals surface area contributed by atoms with E-state index in [0.717, 1.165) is 24.2 Å². The minimum Gasteiger partial charge on any atom is -0.263 e. The lowest BCUT2D eigenvalue weighted by Crippen LogP contribution is -2.46. The third-order valence-corrected chi connectivity index (χ3v) is 3.01. The van der Waals surface area contributed by atoms with Crippen LogP contribution in [0.25, 0.3) is 0 Å². The van der Waals surface area contributed by atoms with Crippen LogP contribution in [-0.4, -0.2) is 22.1 Å². The van der Waals surface area contributed by atoms with E-state index in [1.54, 1.807) is 0 Å². The average molecular weight is 217 g/mol. The summed E-state index contributed by atoms with van der Waals surface area (Å²) in [5.74, 6) is 0.691. The van der Waals surface area contributed by atoms with Gasteiger partial charge in [0.05, 0.1) is 6.04 Å². The van der Waals surface area contributed by atoms with Gasteiger partial charge in [0.25, 0.3) is 5.95 Å². The molecule has 0 spiro atoms. The zero-order valence-electron chi connectivity index (χ0n) is 9.55. The molecular weight excluding hydrogens is 202 g/mol. The summed E-state index contributed by atoms with van der Waals surface area (Å²) in [7, 11) is 0. The molecule has 1 aromatic rings. The zero-order chi connectivity index (χ0) is 11.1. The van der Waals surface area contributed by atoms with E-state index >= 15 is 0 Å². The van der Waals surface area contributed by atoms with Gasteiger partial charge in [0.1, 0.15) is 6.10 Å². The molecular formula is C12H15N3O. The van der Waals surface area contributed by atoms with Crippen molar-refractivity contribution >= 4 is 5.95 Å². The summed E-state index contributed by atoms with van der Waals surface area (Å²) in [6.07, 6.45) is 6.75. The number of aryl methyl sites for hydroxylation is 2. The van der Waals surface area contributed by atoms with Gasteiger partial charge in [-0.15, -0.1) is 0 Å². The number of nitrogens with zero attached hydrogens (tertiary/aromatic N) is 3.